The van der Waals surface area contributed by atoms with Crippen molar-refractivity contribution in [2.24, 2.45) is 0 Å². The molecule has 0 saturated carbocycles. The van der Waals surface area contributed by atoms with Crippen LogP contribution >= 0.6 is 0 Å². The van der Waals surface area contributed by atoms with Crippen molar-refractivity contribution >= 4 is 5.52 Å². The molecule has 2 unspecified atom stereocenters. The summed E-state index contributed by atoms with van der Waals surface area (Å²) in [6.07, 6.45) is 8.03. The Kier molecular flexibility index (Phi) is 2.89. The van der Waals surface area contributed by atoms with Gasteiger partial charge < -0.3 is 5.11 Å². The summed E-state index contributed by atoms with van der Waals surface area (Å²) in [4.78, 5) is 0. The van der Waals surface area contributed by atoms with E-state index in [4.69, 9.17) is 0 Å². The molecule has 5 rings (SSSR count). The molecule has 3 nitrogen and oxygen atoms in total. The molecule has 2 atom stereocenters. The Labute approximate surface area is 147 Å². The molecule has 2 aliphatic rings. The van der Waals surface area contributed by atoms with Gasteiger partial charge in [-0.3, -0.25) is 0 Å². The van der Waals surface area contributed by atoms with E-state index in [1.807, 2.05) is 24.3 Å². The van der Waals surface area contributed by atoms with Gasteiger partial charge in [-0.15, -0.1) is 4.40 Å². The Morgan fingerprint density at radius 3 is 2.84 bits per heavy atom. The highest BCUT2D eigenvalue weighted by atomic mass is 16.3. The lowest BCUT2D eigenvalue weighted by Crippen LogP contribution is -2.54. The molecule has 3 aromatic rings. The summed E-state index contributed by atoms with van der Waals surface area (Å²) in [7, 11) is 0. The van der Waals surface area contributed by atoms with Crippen molar-refractivity contribution in [3.63, 3.8) is 0 Å². The molecule has 122 valence electrons. The third-order valence-corrected chi connectivity index (χ3v) is 5.96. The molecule has 0 bridgehead atoms. The highest BCUT2D eigenvalue weighted by Crippen LogP contribution is 2.50. The zero-order valence-electron chi connectivity index (χ0n) is 14.5. The Bertz CT molecular complexity index is 1040. The lowest BCUT2D eigenvalue weighted by Gasteiger charge is -2.37. The summed E-state index contributed by atoms with van der Waals surface area (Å²) in [5.74, 6) is 1.26. The number of allylic oxidation sites excluding steroid dienone is 1. The lowest BCUT2D eigenvalue weighted by atomic mass is 9.62. The van der Waals surface area contributed by atoms with Gasteiger partial charge in [-0.2, -0.15) is 4.57 Å². The van der Waals surface area contributed by atoms with E-state index in [2.05, 4.69) is 65.7 Å². The normalized spacial score (nSPS) is 24.4. The van der Waals surface area contributed by atoms with E-state index in [0.29, 0.717) is 0 Å². The van der Waals surface area contributed by atoms with Crippen molar-refractivity contribution in [3.05, 3.63) is 95.4 Å². The molecule has 4 heterocycles. The van der Waals surface area contributed by atoms with Gasteiger partial charge in [0.05, 0.1) is 17.2 Å². The number of hydrogen-bond donors (Lipinski definition) is 1. The van der Waals surface area contributed by atoms with E-state index in [1.165, 1.54) is 22.6 Å². The van der Waals surface area contributed by atoms with Crippen LogP contribution in [-0.4, -0.2) is 5.11 Å². The van der Waals surface area contributed by atoms with Crippen LogP contribution in [0.4, 0.5) is 0 Å². The molecule has 0 radical (unpaired) electrons. The van der Waals surface area contributed by atoms with Crippen LogP contribution in [0.5, 0.6) is 0 Å². The first-order valence-electron chi connectivity index (χ1n) is 8.75. The Morgan fingerprint density at radius 1 is 1.16 bits per heavy atom. The molecule has 3 aromatic heterocycles. The minimum Gasteiger partial charge on any atom is -0.379 e. The molecular formula is C22H21N2O+3. The molecular weight excluding hydrogens is 308 g/mol. The number of rotatable bonds is 0. The summed E-state index contributed by atoms with van der Waals surface area (Å²) in [5, 5.41) is 11.3. The van der Waals surface area contributed by atoms with E-state index in [-0.39, 0.29) is 0 Å². The minimum absolute atomic E-state index is 0.402. The van der Waals surface area contributed by atoms with Gasteiger partial charge in [0.2, 0.25) is 17.8 Å². The fourth-order valence-electron chi connectivity index (χ4n) is 4.44. The van der Waals surface area contributed by atoms with E-state index < -0.39 is 11.5 Å². The minimum atomic E-state index is -0.563. The summed E-state index contributed by atoms with van der Waals surface area (Å²) in [6.45, 7) is 5.17. The molecule has 0 aromatic carbocycles. The quantitative estimate of drug-likeness (QED) is 0.498. The third-order valence-electron chi connectivity index (χ3n) is 5.96. The SMILES string of the molecule is C[C+]1C=C2C[n+]3ccccc3C(O)C2(C)c2cc3cccc[n+]3cc21. The van der Waals surface area contributed by atoms with Crippen molar-refractivity contribution in [1.29, 1.82) is 0 Å². The average molecular weight is 329 g/mol. The molecule has 3 heteroatoms. The van der Waals surface area contributed by atoms with Crippen LogP contribution in [0, 0.1) is 5.92 Å². The highest BCUT2D eigenvalue weighted by Gasteiger charge is 2.57. The van der Waals surface area contributed by atoms with Gasteiger partial charge in [0, 0.05) is 36.3 Å². The third kappa shape index (κ3) is 1.87. The zero-order chi connectivity index (χ0) is 17.2. The maximum atomic E-state index is 11.3. The summed E-state index contributed by atoms with van der Waals surface area (Å²) < 4.78 is 4.31. The van der Waals surface area contributed by atoms with Gasteiger partial charge in [0.25, 0.3) is 6.20 Å². The number of fused-ring (bicyclic) bond motifs is 5. The predicted octanol–water partition coefficient (Wildman–Crippen LogP) is 2.60. The summed E-state index contributed by atoms with van der Waals surface area (Å²) in [5.41, 5.74) is 5.44. The van der Waals surface area contributed by atoms with Gasteiger partial charge in [-0.05, 0) is 19.9 Å². The summed E-state index contributed by atoms with van der Waals surface area (Å²) >= 11 is 0. The van der Waals surface area contributed by atoms with Crippen molar-refractivity contribution in [3.8, 4) is 0 Å². The monoisotopic (exact) mass is 329 g/mol. The molecule has 1 N–H and O–H groups in total. The van der Waals surface area contributed by atoms with E-state index >= 15 is 0 Å². The van der Waals surface area contributed by atoms with Crippen LogP contribution in [0.2, 0.25) is 0 Å². The second kappa shape index (κ2) is 4.93. The average Bonchev–Trinajstić information content (AvgIpc) is 2.64. The second-order valence-electron chi connectivity index (χ2n) is 7.34. The molecule has 0 spiro atoms. The summed E-state index contributed by atoms with van der Waals surface area (Å²) in [6, 6.07) is 14.5. The Hall–Kier alpha value is -2.65. The molecule has 25 heavy (non-hydrogen) atoms. The van der Waals surface area contributed by atoms with Crippen LogP contribution < -0.4 is 8.97 Å². The van der Waals surface area contributed by atoms with E-state index in [0.717, 1.165) is 17.8 Å². The molecule has 0 fully saturated rings. The van der Waals surface area contributed by atoms with Crippen LogP contribution in [0.25, 0.3) is 5.52 Å². The maximum absolute atomic E-state index is 11.3. The molecule has 1 aliphatic heterocycles. The van der Waals surface area contributed by atoms with Gasteiger partial charge >= 0.3 is 0 Å². The van der Waals surface area contributed by atoms with Gasteiger partial charge in [-0.25, -0.2) is 0 Å². The highest BCUT2D eigenvalue weighted by molar-refractivity contribution is 5.59. The van der Waals surface area contributed by atoms with Crippen molar-refractivity contribution in [2.75, 3.05) is 0 Å². The fourth-order valence-corrected chi connectivity index (χ4v) is 4.44. The maximum Gasteiger partial charge on any atom is 0.257 e. The Morgan fingerprint density at radius 2 is 1.96 bits per heavy atom. The first-order valence-corrected chi connectivity index (χ1v) is 8.75. The van der Waals surface area contributed by atoms with Crippen molar-refractivity contribution in [2.45, 2.75) is 31.9 Å². The van der Waals surface area contributed by atoms with Gasteiger partial charge in [0.1, 0.15) is 5.41 Å². The number of pyridine rings is 3. The number of aliphatic hydroxyl groups is 1. The molecule has 0 amide bonds. The Balaban J connectivity index is 1.81. The van der Waals surface area contributed by atoms with Crippen LogP contribution in [0.3, 0.4) is 0 Å². The largest absolute Gasteiger partial charge is 0.379 e. The zero-order valence-corrected chi connectivity index (χ0v) is 14.5. The molecule has 0 saturated heterocycles. The predicted molar refractivity (Wildman–Crippen MR) is 94.7 cm³/mol. The first kappa shape index (κ1) is 14.7. The van der Waals surface area contributed by atoms with Crippen LogP contribution in [0.15, 0.2) is 72.7 Å². The number of nitrogens with zero attached hydrogens (tertiary/aromatic N) is 2. The number of aromatic nitrogens is 2. The van der Waals surface area contributed by atoms with E-state index in [9.17, 15) is 5.11 Å². The fraction of sp³-hybridized carbons (Fsp3) is 0.227. The number of aliphatic hydroxyl groups excluding tert-OH is 1. The van der Waals surface area contributed by atoms with Crippen molar-refractivity contribution in [1.82, 2.24) is 0 Å². The molecule has 1 aliphatic carbocycles. The van der Waals surface area contributed by atoms with Crippen LogP contribution in [0.1, 0.15) is 36.8 Å². The van der Waals surface area contributed by atoms with Gasteiger partial charge in [-0.1, -0.05) is 6.07 Å². The second-order valence-corrected chi connectivity index (χ2v) is 7.34. The number of hydrogen-bond acceptors (Lipinski definition) is 1. The van der Waals surface area contributed by atoms with Crippen LogP contribution in [-0.2, 0) is 12.0 Å². The van der Waals surface area contributed by atoms with Crippen molar-refractivity contribution < 1.29 is 14.1 Å². The smallest absolute Gasteiger partial charge is 0.257 e. The first-order chi connectivity index (χ1) is 12.1. The standard InChI is InChI=1S/C22H21N2O/c1-15-11-16-13-24-10-6-4-8-20(24)21(25)22(16,2)19-12-17-7-3-5-9-23(17)14-18(15)19/h3-12,14,21,25H,13H2,1-2H3/q+3. The van der Waals surface area contributed by atoms with Gasteiger partial charge in [0.15, 0.2) is 24.1 Å². The van der Waals surface area contributed by atoms with E-state index in [1.54, 1.807) is 0 Å². The topological polar surface area (TPSA) is 28.2 Å². The lowest BCUT2D eigenvalue weighted by molar-refractivity contribution is -0.706.